The first-order valence-electron chi connectivity index (χ1n) is 6.41. The molecule has 1 N–H and O–H groups in total. The van der Waals surface area contributed by atoms with E-state index in [9.17, 15) is 9.50 Å². The lowest BCUT2D eigenvalue weighted by Gasteiger charge is -2.10. The van der Waals surface area contributed by atoms with E-state index >= 15 is 0 Å². The van der Waals surface area contributed by atoms with Crippen molar-refractivity contribution in [1.29, 1.82) is 0 Å². The monoisotopic (exact) mass is 276 g/mol. The van der Waals surface area contributed by atoms with Crippen molar-refractivity contribution in [2.24, 2.45) is 0 Å². The molecule has 20 heavy (non-hydrogen) atoms. The Morgan fingerprint density at radius 1 is 1.05 bits per heavy atom. The van der Waals surface area contributed by atoms with Crippen LogP contribution in [0.4, 0.5) is 4.39 Å². The molecule has 0 saturated carbocycles. The lowest BCUT2D eigenvalue weighted by molar-refractivity contribution is 0.122. The fourth-order valence-electron chi connectivity index (χ4n) is 1.62. The van der Waals surface area contributed by atoms with E-state index in [-0.39, 0.29) is 12.4 Å². The average Bonchev–Trinajstić information content (AvgIpc) is 2.45. The summed E-state index contributed by atoms with van der Waals surface area (Å²) < 4.78 is 23.8. The molecule has 0 radical (unpaired) electrons. The molecule has 0 unspecified atom stereocenters. The van der Waals surface area contributed by atoms with Crippen LogP contribution in [0.1, 0.15) is 12.5 Å². The number of ether oxygens (including phenoxy) is 2. The number of rotatable bonds is 6. The number of halogens is 1. The Bertz CT molecular complexity index is 538. The molecule has 3 nitrogen and oxygen atoms in total. The standard InChI is InChI=1S/C16H17FO3/c1-12(18)10-19-15-3-2-4-16(9-15)20-11-13-5-7-14(17)8-6-13/h2-9,12,18H,10-11H2,1H3/t12-/m1/s1. The molecule has 0 spiro atoms. The topological polar surface area (TPSA) is 38.7 Å². The highest BCUT2D eigenvalue weighted by Crippen LogP contribution is 2.20. The Labute approximate surface area is 117 Å². The van der Waals surface area contributed by atoms with Gasteiger partial charge in [-0.15, -0.1) is 0 Å². The van der Waals surface area contributed by atoms with Gasteiger partial charge in [0.25, 0.3) is 0 Å². The highest BCUT2D eigenvalue weighted by molar-refractivity contribution is 5.33. The number of hydrogen-bond acceptors (Lipinski definition) is 3. The summed E-state index contributed by atoms with van der Waals surface area (Å²) in [6.45, 7) is 2.26. The summed E-state index contributed by atoms with van der Waals surface area (Å²) in [5.41, 5.74) is 0.890. The third-order valence-corrected chi connectivity index (χ3v) is 2.62. The summed E-state index contributed by atoms with van der Waals surface area (Å²) in [6, 6.07) is 13.4. The van der Waals surface area contributed by atoms with Crippen molar-refractivity contribution in [3.05, 3.63) is 59.9 Å². The minimum atomic E-state index is -0.515. The first kappa shape index (κ1) is 14.3. The second-order valence-electron chi connectivity index (χ2n) is 4.55. The summed E-state index contributed by atoms with van der Waals surface area (Å²) in [5, 5.41) is 9.17. The van der Waals surface area contributed by atoms with E-state index in [1.165, 1.54) is 12.1 Å². The molecule has 0 bridgehead atoms. The fraction of sp³-hybridized carbons (Fsp3) is 0.250. The summed E-state index contributed by atoms with van der Waals surface area (Å²) in [5.74, 6) is 1.04. The maximum atomic E-state index is 12.8. The largest absolute Gasteiger partial charge is 0.491 e. The van der Waals surface area contributed by atoms with Crippen LogP contribution in [0.15, 0.2) is 48.5 Å². The number of aliphatic hydroxyl groups is 1. The van der Waals surface area contributed by atoms with Gasteiger partial charge in [0.1, 0.15) is 30.5 Å². The van der Waals surface area contributed by atoms with E-state index in [2.05, 4.69) is 0 Å². The van der Waals surface area contributed by atoms with E-state index in [1.54, 1.807) is 31.2 Å². The van der Waals surface area contributed by atoms with Gasteiger partial charge in [0, 0.05) is 6.07 Å². The highest BCUT2D eigenvalue weighted by atomic mass is 19.1. The molecule has 2 rings (SSSR count). The minimum Gasteiger partial charge on any atom is -0.491 e. The molecule has 0 aliphatic heterocycles. The van der Waals surface area contributed by atoms with Gasteiger partial charge in [-0.25, -0.2) is 4.39 Å². The van der Waals surface area contributed by atoms with Crippen LogP contribution in [0.3, 0.4) is 0 Å². The average molecular weight is 276 g/mol. The molecule has 0 fully saturated rings. The normalized spacial score (nSPS) is 11.9. The van der Waals surface area contributed by atoms with Gasteiger partial charge in [0.2, 0.25) is 0 Å². The highest BCUT2D eigenvalue weighted by Gasteiger charge is 2.01. The maximum absolute atomic E-state index is 12.8. The van der Waals surface area contributed by atoms with Crippen LogP contribution in [-0.2, 0) is 6.61 Å². The van der Waals surface area contributed by atoms with Crippen molar-refractivity contribution >= 4 is 0 Å². The molecule has 1 atom stereocenters. The van der Waals surface area contributed by atoms with Crippen LogP contribution >= 0.6 is 0 Å². The summed E-state index contributed by atoms with van der Waals surface area (Å²) in [6.07, 6.45) is -0.515. The number of benzene rings is 2. The van der Waals surface area contributed by atoms with Gasteiger partial charge in [0.15, 0.2) is 0 Å². The van der Waals surface area contributed by atoms with Gasteiger partial charge in [-0.3, -0.25) is 0 Å². The molecule has 0 aliphatic rings. The van der Waals surface area contributed by atoms with E-state index in [1.807, 2.05) is 12.1 Å². The van der Waals surface area contributed by atoms with Crippen molar-refractivity contribution in [3.63, 3.8) is 0 Å². The quantitative estimate of drug-likeness (QED) is 0.880. The second kappa shape index (κ2) is 6.91. The predicted octanol–water partition coefficient (Wildman–Crippen LogP) is 3.16. The zero-order valence-electron chi connectivity index (χ0n) is 11.3. The molecule has 4 heteroatoms. The van der Waals surface area contributed by atoms with Gasteiger partial charge in [-0.1, -0.05) is 18.2 Å². The Morgan fingerprint density at radius 2 is 1.70 bits per heavy atom. The second-order valence-corrected chi connectivity index (χ2v) is 4.55. The molecule has 0 amide bonds. The van der Waals surface area contributed by atoms with Crippen molar-refractivity contribution in [3.8, 4) is 11.5 Å². The third-order valence-electron chi connectivity index (χ3n) is 2.62. The Balaban J connectivity index is 1.92. The van der Waals surface area contributed by atoms with Crippen molar-refractivity contribution in [2.45, 2.75) is 19.6 Å². The van der Waals surface area contributed by atoms with Crippen LogP contribution < -0.4 is 9.47 Å². The minimum absolute atomic E-state index is 0.238. The molecule has 106 valence electrons. The van der Waals surface area contributed by atoms with Crippen LogP contribution in [0.25, 0.3) is 0 Å². The summed E-state index contributed by atoms with van der Waals surface area (Å²) >= 11 is 0. The van der Waals surface area contributed by atoms with Gasteiger partial charge in [-0.2, -0.15) is 0 Å². The van der Waals surface area contributed by atoms with E-state index in [0.717, 1.165) is 5.56 Å². The van der Waals surface area contributed by atoms with E-state index in [0.29, 0.717) is 18.1 Å². The van der Waals surface area contributed by atoms with Crippen LogP contribution in [0.2, 0.25) is 0 Å². The lowest BCUT2D eigenvalue weighted by atomic mass is 10.2. The Kier molecular flexibility index (Phi) is 4.96. The summed E-state index contributed by atoms with van der Waals surface area (Å²) in [7, 11) is 0. The molecule has 2 aromatic rings. The smallest absolute Gasteiger partial charge is 0.123 e. The molecular weight excluding hydrogens is 259 g/mol. The molecule has 0 saturated heterocycles. The van der Waals surface area contributed by atoms with E-state index in [4.69, 9.17) is 9.47 Å². The van der Waals surface area contributed by atoms with Crippen molar-refractivity contribution < 1.29 is 19.0 Å². The molecule has 0 aliphatic carbocycles. The molecule has 0 heterocycles. The first-order valence-corrected chi connectivity index (χ1v) is 6.41. The molecule has 2 aromatic carbocycles. The van der Waals surface area contributed by atoms with E-state index < -0.39 is 6.10 Å². The lowest BCUT2D eigenvalue weighted by Crippen LogP contribution is -2.12. The third kappa shape index (κ3) is 4.55. The summed E-state index contributed by atoms with van der Waals surface area (Å²) in [4.78, 5) is 0. The van der Waals surface area contributed by atoms with Gasteiger partial charge < -0.3 is 14.6 Å². The van der Waals surface area contributed by atoms with Gasteiger partial charge in [0.05, 0.1) is 6.10 Å². The van der Waals surface area contributed by atoms with Crippen molar-refractivity contribution in [1.82, 2.24) is 0 Å². The predicted molar refractivity (Wildman–Crippen MR) is 74.3 cm³/mol. The van der Waals surface area contributed by atoms with Crippen LogP contribution in [0.5, 0.6) is 11.5 Å². The first-order chi connectivity index (χ1) is 9.63. The van der Waals surface area contributed by atoms with Crippen LogP contribution in [-0.4, -0.2) is 17.8 Å². The molecular formula is C16H17FO3. The zero-order chi connectivity index (χ0) is 14.4. The maximum Gasteiger partial charge on any atom is 0.123 e. The van der Waals surface area contributed by atoms with Crippen LogP contribution in [0, 0.1) is 5.82 Å². The zero-order valence-corrected chi connectivity index (χ0v) is 11.3. The fourth-order valence-corrected chi connectivity index (χ4v) is 1.62. The molecule has 0 aromatic heterocycles. The SMILES string of the molecule is C[C@@H](O)COc1cccc(OCc2ccc(F)cc2)c1. The number of hydrogen-bond donors (Lipinski definition) is 1. The van der Waals surface area contributed by atoms with Gasteiger partial charge >= 0.3 is 0 Å². The number of aliphatic hydroxyl groups excluding tert-OH is 1. The Hall–Kier alpha value is -2.07. The van der Waals surface area contributed by atoms with Crippen molar-refractivity contribution in [2.75, 3.05) is 6.61 Å². The Morgan fingerprint density at radius 3 is 2.35 bits per heavy atom. The van der Waals surface area contributed by atoms with Gasteiger partial charge in [-0.05, 0) is 36.8 Å².